The Morgan fingerprint density at radius 1 is 0.846 bits per heavy atom. The standard InChI is InChI=1S/C29H25N3O6S/c1-37-23-13-16-26(38-2)25(18-23)31-29(34)27(19-7-4-3-5-8-19)39-24-14-11-21(12-15-24)30-28(33)20-9-6-10-22(17-20)32(35)36/h3-18,27H,1-2H3,(H,30,33)(H,31,34). The van der Waals surface area contributed by atoms with Crippen LogP contribution in [0.2, 0.25) is 0 Å². The lowest BCUT2D eigenvalue weighted by Crippen LogP contribution is -2.19. The maximum atomic E-state index is 13.5. The van der Waals surface area contributed by atoms with Crippen molar-refractivity contribution in [2.45, 2.75) is 10.1 Å². The smallest absolute Gasteiger partial charge is 0.270 e. The fourth-order valence-electron chi connectivity index (χ4n) is 3.73. The number of rotatable bonds is 10. The molecule has 0 spiro atoms. The van der Waals surface area contributed by atoms with Crippen molar-refractivity contribution in [3.05, 3.63) is 118 Å². The van der Waals surface area contributed by atoms with Gasteiger partial charge in [0.05, 0.1) is 24.8 Å². The molecule has 1 unspecified atom stereocenters. The molecule has 0 aliphatic carbocycles. The minimum Gasteiger partial charge on any atom is -0.497 e. The van der Waals surface area contributed by atoms with Crippen molar-refractivity contribution in [3.8, 4) is 11.5 Å². The van der Waals surface area contributed by atoms with Crippen LogP contribution in [0.25, 0.3) is 0 Å². The van der Waals surface area contributed by atoms with E-state index in [-0.39, 0.29) is 17.2 Å². The van der Waals surface area contributed by atoms with Crippen molar-refractivity contribution in [2.24, 2.45) is 0 Å². The molecular formula is C29H25N3O6S. The molecule has 0 saturated carbocycles. The maximum absolute atomic E-state index is 13.5. The Bertz CT molecular complexity index is 1480. The molecule has 1 atom stereocenters. The highest BCUT2D eigenvalue weighted by molar-refractivity contribution is 8.00. The van der Waals surface area contributed by atoms with Gasteiger partial charge in [0.1, 0.15) is 16.7 Å². The van der Waals surface area contributed by atoms with Gasteiger partial charge in [0.2, 0.25) is 5.91 Å². The summed E-state index contributed by atoms with van der Waals surface area (Å²) in [6.45, 7) is 0. The zero-order valence-electron chi connectivity index (χ0n) is 21.1. The minimum atomic E-state index is -0.590. The molecule has 2 N–H and O–H groups in total. The molecule has 4 aromatic rings. The summed E-state index contributed by atoms with van der Waals surface area (Å²) in [5.41, 5.74) is 1.83. The van der Waals surface area contributed by atoms with Crippen LogP contribution in [0.1, 0.15) is 21.2 Å². The van der Waals surface area contributed by atoms with Crippen molar-refractivity contribution in [1.29, 1.82) is 0 Å². The van der Waals surface area contributed by atoms with Gasteiger partial charge in [-0.15, -0.1) is 11.8 Å². The lowest BCUT2D eigenvalue weighted by Gasteiger charge is -2.19. The number of nitro benzene ring substituents is 1. The third-order valence-electron chi connectivity index (χ3n) is 5.69. The summed E-state index contributed by atoms with van der Waals surface area (Å²) < 4.78 is 10.7. The van der Waals surface area contributed by atoms with Crippen molar-refractivity contribution < 1.29 is 24.0 Å². The Labute approximate surface area is 229 Å². The van der Waals surface area contributed by atoms with Gasteiger partial charge in [-0.05, 0) is 48.0 Å². The van der Waals surface area contributed by atoms with E-state index in [2.05, 4.69) is 10.6 Å². The van der Waals surface area contributed by atoms with Gasteiger partial charge in [-0.3, -0.25) is 19.7 Å². The number of carbonyl (C=O) groups excluding carboxylic acids is 2. The van der Waals surface area contributed by atoms with Crippen molar-refractivity contribution in [3.63, 3.8) is 0 Å². The van der Waals surface area contributed by atoms with E-state index >= 15 is 0 Å². The van der Waals surface area contributed by atoms with Gasteiger partial charge in [0.15, 0.2) is 0 Å². The number of nitrogens with zero attached hydrogens (tertiary/aromatic N) is 1. The van der Waals surface area contributed by atoms with E-state index in [0.717, 1.165) is 10.5 Å². The number of benzene rings is 4. The third-order valence-corrected chi connectivity index (χ3v) is 6.96. The summed E-state index contributed by atoms with van der Waals surface area (Å²) in [5.74, 6) is 0.372. The summed E-state index contributed by atoms with van der Waals surface area (Å²) in [6.07, 6.45) is 0. The zero-order chi connectivity index (χ0) is 27.8. The van der Waals surface area contributed by atoms with Crippen LogP contribution in [0, 0.1) is 10.1 Å². The molecule has 9 nitrogen and oxygen atoms in total. The Balaban J connectivity index is 1.51. The first-order chi connectivity index (χ1) is 18.9. The third kappa shape index (κ3) is 6.93. The summed E-state index contributed by atoms with van der Waals surface area (Å²) in [7, 11) is 3.08. The molecule has 39 heavy (non-hydrogen) atoms. The van der Waals surface area contributed by atoms with Crippen LogP contribution in [0.4, 0.5) is 17.1 Å². The first-order valence-corrected chi connectivity index (χ1v) is 12.7. The van der Waals surface area contributed by atoms with E-state index in [9.17, 15) is 19.7 Å². The molecule has 0 aromatic heterocycles. The molecule has 198 valence electrons. The van der Waals surface area contributed by atoms with Crippen molar-refractivity contribution in [2.75, 3.05) is 24.9 Å². The average Bonchev–Trinajstić information content (AvgIpc) is 2.97. The van der Waals surface area contributed by atoms with Crippen molar-refractivity contribution in [1.82, 2.24) is 0 Å². The van der Waals surface area contributed by atoms with Crippen LogP contribution < -0.4 is 20.1 Å². The number of hydrogen-bond donors (Lipinski definition) is 2. The molecule has 0 saturated heterocycles. The highest BCUT2D eigenvalue weighted by Crippen LogP contribution is 2.38. The molecule has 0 radical (unpaired) electrons. The summed E-state index contributed by atoms with van der Waals surface area (Å²) in [4.78, 5) is 37.3. The number of hydrogen-bond acceptors (Lipinski definition) is 7. The maximum Gasteiger partial charge on any atom is 0.270 e. The lowest BCUT2D eigenvalue weighted by molar-refractivity contribution is -0.384. The topological polar surface area (TPSA) is 120 Å². The number of thioether (sulfide) groups is 1. The number of ether oxygens (including phenoxy) is 2. The highest BCUT2D eigenvalue weighted by atomic mass is 32.2. The summed E-state index contributed by atoms with van der Waals surface area (Å²) in [5, 5.41) is 16.1. The van der Waals surface area contributed by atoms with E-state index in [4.69, 9.17) is 9.47 Å². The number of non-ortho nitro benzene ring substituents is 1. The fraction of sp³-hybridized carbons (Fsp3) is 0.103. The van der Waals surface area contributed by atoms with Gasteiger partial charge in [0, 0.05) is 34.3 Å². The van der Waals surface area contributed by atoms with E-state index in [0.29, 0.717) is 22.9 Å². The molecule has 10 heteroatoms. The van der Waals surface area contributed by atoms with Crippen LogP contribution in [0.15, 0.2) is 102 Å². The number of anilines is 2. The zero-order valence-corrected chi connectivity index (χ0v) is 21.9. The summed E-state index contributed by atoms with van der Waals surface area (Å²) in [6, 6.07) is 27.1. The second kappa shape index (κ2) is 12.6. The Hall–Kier alpha value is -4.83. The Kier molecular flexibility index (Phi) is 8.80. The average molecular weight is 544 g/mol. The van der Waals surface area contributed by atoms with E-state index in [1.54, 1.807) is 49.6 Å². The quantitative estimate of drug-likeness (QED) is 0.136. The molecule has 0 aliphatic rings. The van der Waals surface area contributed by atoms with Gasteiger partial charge in [-0.1, -0.05) is 36.4 Å². The fourth-order valence-corrected chi connectivity index (χ4v) is 4.75. The second-order valence-electron chi connectivity index (χ2n) is 8.25. The van der Waals surface area contributed by atoms with Crippen LogP contribution in [0.5, 0.6) is 11.5 Å². The molecule has 0 aliphatic heterocycles. The van der Waals surface area contributed by atoms with E-state index in [1.807, 2.05) is 30.3 Å². The molecule has 0 fully saturated rings. The number of amides is 2. The van der Waals surface area contributed by atoms with Crippen LogP contribution in [0.3, 0.4) is 0 Å². The van der Waals surface area contributed by atoms with Gasteiger partial charge < -0.3 is 20.1 Å². The Morgan fingerprint density at radius 3 is 2.26 bits per heavy atom. The summed E-state index contributed by atoms with van der Waals surface area (Å²) >= 11 is 1.35. The largest absolute Gasteiger partial charge is 0.497 e. The molecular weight excluding hydrogens is 518 g/mol. The minimum absolute atomic E-state index is 0.161. The molecule has 4 aromatic carbocycles. The molecule has 0 bridgehead atoms. The predicted octanol–water partition coefficient (Wildman–Crippen LogP) is 6.34. The van der Waals surface area contributed by atoms with Gasteiger partial charge in [-0.2, -0.15) is 0 Å². The van der Waals surface area contributed by atoms with Gasteiger partial charge in [-0.25, -0.2) is 0 Å². The van der Waals surface area contributed by atoms with Gasteiger partial charge >= 0.3 is 0 Å². The van der Waals surface area contributed by atoms with E-state index in [1.165, 1.54) is 43.1 Å². The second-order valence-corrected chi connectivity index (χ2v) is 9.43. The predicted molar refractivity (Wildman–Crippen MR) is 151 cm³/mol. The molecule has 2 amide bonds. The van der Waals surface area contributed by atoms with Gasteiger partial charge in [0.25, 0.3) is 11.6 Å². The number of nitro groups is 1. The highest BCUT2D eigenvalue weighted by Gasteiger charge is 2.23. The molecule has 4 rings (SSSR count). The normalized spacial score (nSPS) is 11.2. The lowest BCUT2D eigenvalue weighted by atomic mass is 10.1. The van der Waals surface area contributed by atoms with Crippen molar-refractivity contribution >= 4 is 40.6 Å². The van der Waals surface area contributed by atoms with E-state index < -0.39 is 16.1 Å². The number of methoxy groups -OCH3 is 2. The molecule has 0 heterocycles. The first-order valence-electron chi connectivity index (χ1n) is 11.8. The number of carbonyl (C=O) groups is 2. The SMILES string of the molecule is COc1ccc(OC)c(NC(=O)C(Sc2ccc(NC(=O)c3cccc([N+](=O)[O-])c3)cc2)c2ccccc2)c1. The number of nitrogens with one attached hydrogen (secondary N) is 2. The Morgan fingerprint density at radius 2 is 1.59 bits per heavy atom. The van der Waals surface area contributed by atoms with Crippen LogP contribution >= 0.6 is 11.8 Å². The monoisotopic (exact) mass is 543 g/mol. The van der Waals surface area contributed by atoms with Crippen LogP contribution in [-0.2, 0) is 4.79 Å². The van der Waals surface area contributed by atoms with Crippen LogP contribution in [-0.4, -0.2) is 31.0 Å². The first kappa shape index (κ1) is 27.2.